The number of methoxy groups -OCH3 is 1. The van der Waals surface area contributed by atoms with Crippen molar-refractivity contribution in [1.82, 2.24) is 5.43 Å². The summed E-state index contributed by atoms with van der Waals surface area (Å²) in [6.07, 6.45) is 0.817. The number of hydrogen-bond acceptors (Lipinski definition) is 5. The van der Waals surface area contributed by atoms with Crippen molar-refractivity contribution in [3.05, 3.63) is 67.7 Å². The summed E-state index contributed by atoms with van der Waals surface area (Å²) in [4.78, 5) is 10.4. The standard InChI is InChI=1S/C17H16BrN3O3/c1-10-7-12-8-15(18)16(24-2)9-14(12)17(20-19-10)11-3-5-13(6-4-11)21(22)23/h3-6,8-10,19H,7H2,1-2H3. The van der Waals surface area contributed by atoms with Gasteiger partial charge in [0.05, 0.1) is 22.2 Å². The minimum Gasteiger partial charge on any atom is -0.496 e. The lowest BCUT2D eigenvalue weighted by atomic mass is 9.94. The maximum atomic E-state index is 10.8. The number of nitro benzene ring substituents is 1. The number of nitro groups is 1. The van der Waals surface area contributed by atoms with Gasteiger partial charge in [0.2, 0.25) is 0 Å². The van der Waals surface area contributed by atoms with Gasteiger partial charge in [-0.3, -0.25) is 10.1 Å². The molecule has 0 amide bonds. The SMILES string of the molecule is COc1cc2c(cc1Br)CC(C)NN=C2c1ccc([N+](=O)[O-])cc1. The Hall–Kier alpha value is -2.41. The fourth-order valence-corrected chi connectivity index (χ4v) is 3.26. The zero-order chi connectivity index (χ0) is 17.3. The maximum absolute atomic E-state index is 10.8. The van der Waals surface area contributed by atoms with Crippen molar-refractivity contribution in [3.8, 4) is 5.75 Å². The second-order valence-electron chi connectivity index (χ2n) is 5.64. The minimum atomic E-state index is -0.410. The average Bonchev–Trinajstić information content (AvgIpc) is 2.72. The van der Waals surface area contributed by atoms with E-state index < -0.39 is 4.92 Å². The molecule has 6 nitrogen and oxygen atoms in total. The van der Waals surface area contributed by atoms with Gasteiger partial charge in [0.1, 0.15) is 5.75 Å². The summed E-state index contributed by atoms with van der Waals surface area (Å²) in [5.41, 5.74) is 6.84. The number of non-ortho nitro benzene ring substituents is 1. The van der Waals surface area contributed by atoms with E-state index in [1.54, 1.807) is 19.2 Å². The van der Waals surface area contributed by atoms with Gasteiger partial charge in [0, 0.05) is 29.3 Å². The molecule has 1 aliphatic rings. The predicted molar refractivity (Wildman–Crippen MR) is 95.7 cm³/mol. The molecular weight excluding hydrogens is 374 g/mol. The highest BCUT2D eigenvalue weighted by Gasteiger charge is 2.21. The fraction of sp³-hybridized carbons (Fsp3) is 0.235. The van der Waals surface area contributed by atoms with Crippen LogP contribution < -0.4 is 10.2 Å². The zero-order valence-electron chi connectivity index (χ0n) is 13.2. The van der Waals surface area contributed by atoms with Gasteiger partial charge in [-0.2, -0.15) is 5.10 Å². The molecule has 0 saturated carbocycles. The number of nitrogens with zero attached hydrogens (tertiary/aromatic N) is 2. The molecule has 2 aromatic carbocycles. The molecule has 1 aliphatic heterocycles. The normalized spacial score (nSPS) is 16.5. The van der Waals surface area contributed by atoms with Crippen LogP contribution in [0.2, 0.25) is 0 Å². The average molecular weight is 390 g/mol. The molecule has 1 N–H and O–H groups in total. The Morgan fingerprint density at radius 1 is 1.33 bits per heavy atom. The Bertz CT molecular complexity index is 819. The monoisotopic (exact) mass is 389 g/mol. The van der Waals surface area contributed by atoms with Gasteiger partial charge in [-0.25, -0.2) is 0 Å². The van der Waals surface area contributed by atoms with Crippen molar-refractivity contribution in [1.29, 1.82) is 0 Å². The molecule has 0 radical (unpaired) electrons. The smallest absolute Gasteiger partial charge is 0.269 e. The fourth-order valence-electron chi connectivity index (χ4n) is 2.71. The first kappa shape index (κ1) is 16.4. The molecule has 2 aromatic rings. The van der Waals surface area contributed by atoms with E-state index in [4.69, 9.17) is 4.74 Å². The van der Waals surface area contributed by atoms with E-state index in [9.17, 15) is 10.1 Å². The van der Waals surface area contributed by atoms with E-state index in [2.05, 4.69) is 33.4 Å². The summed E-state index contributed by atoms with van der Waals surface area (Å²) < 4.78 is 6.29. The highest BCUT2D eigenvalue weighted by Crippen LogP contribution is 2.32. The molecule has 24 heavy (non-hydrogen) atoms. The highest BCUT2D eigenvalue weighted by atomic mass is 79.9. The molecule has 0 saturated heterocycles. The molecule has 1 heterocycles. The minimum absolute atomic E-state index is 0.0582. The number of hydrogen-bond donors (Lipinski definition) is 1. The van der Waals surface area contributed by atoms with Crippen LogP contribution in [-0.4, -0.2) is 23.8 Å². The summed E-state index contributed by atoms with van der Waals surface area (Å²) in [5, 5.41) is 15.4. The Labute approximate surface area is 147 Å². The molecule has 1 atom stereocenters. The first-order chi connectivity index (χ1) is 11.5. The summed E-state index contributed by atoms with van der Waals surface area (Å²) in [6, 6.07) is 10.6. The lowest BCUT2D eigenvalue weighted by Crippen LogP contribution is -2.21. The summed E-state index contributed by atoms with van der Waals surface area (Å²) >= 11 is 3.52. The van der Waals surface area contributed by atoms with Crippen molar-refractivity contribution in [2.24, 2.45) is 5.10 Å². The van der Waals surface area contributed by atoms with Gasteiger partial charge in [-0.05, 0) is 59.1 Å². The molecular formula is C17H16BrN3O3. The lowest BCUT2D eigenvalue weighted by molar-refractivity contribution is -0.384. The van der Waals surface area contributed by atoms with Gasteiger partial charge >= 0.3 is 0 Å². The van der Waals surface area contributed by atoms with E-state index in [1.165, 1.54) is 12.1 Å². The molecule has 0 aliphatic carbocycles. The Morgan fingerprint density at radius 3 is 2.67 bits per heavy atom. The summed E-state index contributed by atoms with van der Waals surface area (Å²) in [6.45, 7) is 2.06. The number of benzene rings is 2. The van der Waals surface area contributed by atoms with Crippen LogP contribution in [0, 0.1) is 10.1 Å². The number of ether oxygens (including phenoxy) is 1. The molecule has 124 valence electrons. The Balaban J connectivity index is 2.12. The number of nitrogens with one attached hydrogen (secondary N) is 1. The second-order valence-corrected chi connectivity index (χ2v) is 6.50. The third-order valence-corrected chi connectivity index (χ3v) is 4.53. The highest BCUT2D eigenvalue weighted by molar-refractivity contribution is 9.10. The second kappa shape index (κ2) is 6.60. The van der Waals surface area contributed by atoms with Gasteiger partial charge in [0.25, 0.3) is 5.69 Å². The van der Waals surface area contributed by atoms with Crippen LogP contribution in [0.25, 0.3) is 0 Å². The number of rotatable bonds is 3. The van der Waals surface area contributed by atoms with Gasteiger partial charge in [-0.15, -0.1) is 0 Å². The molecule has 0 fully saturated rings. The molecule has 0 spiro atoms. The van der Waals surface area contributed by atoms with Crippen LogP contribution in [0.5, 0.6) is 5.75 Å². The van der Waals surface area contributed by atoms with Crippen LogP contribution in [-0.2, 0) is 6.42 Å². The van der Waals surface area contributed by atoms with Crippen molar-refractivity contribution in [3.63, 3.8) is 0 Å². The Morgan fingerprint density at radius 2 is 2.04 bits per heavy atom. The molecule has 3 rings (SSSR count). The van der Waals surface area contributed by atoms with Gasteiger partial charge < -0.3 is 10.2 Å². The number of halogens is 1. The van der Waals surface area contributed by atoms with Crippen LogP contribution in [0.4, 0.5) is 5.69 Å². The van der Waals surface area contributed by atoms with E-state index in [0.29, 0.717) is 0 Å². The topological polar surface area (TPSA) is 76.8 Å². The van der Waals surface area contributed by atoms with Crippen molar-refractivity contribution < 1.29 is 9.66 Å². The van der Waals surface area contributed by atoms with Crippen LogP contribution >= 0.6 is 15.9 Å². The van der Waals surface area contributed by atoms with Gasteiger partial charge in [-0.1, -0.05) is 0 Å². The van der Waals surface area contributed by atoms with E-state index in [0.717, 1.165) is 39.0 Å². The van der Waals surface area contributed by atoms with Crippen LogP contribution in [0.15, 0.2) is 46.0 Å². The van der Waals surface area contributed by atoms with Crippen LogP contribution in [0.1, 0.15) is 23.6 Å². The van der Waals surface area contributed by atoms with E-state index in [-0.39, 0.29) is 11.7 Å². The van der Waals surface area contributed by atoms with E-state index in [1.807, 2.05) is 12.1 Å². The Kier molecular flexibility index (Phi) is 4.53. The largest absolute Gasteiger partial charge is 0.496 e. The lowest BCUT2D eigenvalue weighted by Gasteiger charge is -2.13. The van der Waals surface area contributed by atoms with Gasteiger partial charge in [0.15, 0.2) is 0 Å². The molecule has 1 unspecified atom stereocenters. The predicted octanol–water partition coefficient (Wildman–Crippen LogP) is 3.65. The van der Waals surface area contributed by atoms with Crippen molar-refractivity contribution in [2.45, 2.75) is 19.4 Å². The van der Waals surface area contributed by atoms with E-state index >= 15 is 0 Å². The number of hydrazone groups is 1. The molecule has 0 bridgehead atoms. The quantitative estimate of drug-likeness (QED) is 0.641. The van der Waals surface area contributed by atoms with Crippen molar-refractivity contribution >= 4 is 27.3 Å². The molecule has 0 aromatic heterocycles. The first-order valence-corrected chi connectivity index (χ1v) is 8.23. The third kappa shape index (κ3) is 3.12. The summed E-state index contributed by atoms with van der Waals surface area (Å²) in [5.74, 6) is 0.720. The molecule has 7 heteroatoms. The zero-order valence-corrected chi connectivity index (χ0v) is 14.8. The summed E-state index contributed by atoms with van der Waals surface area (Å²) in [7, 11) is 1.62. The first-order valence-electron chi connectivity index (χ1n) is 7.44. The third-order valence-electron chi connectivity index (χ3n) is 3.91. The van der Waals surface area contributed by atoms with Crippen LogP contribution in [0.3, 0.4) is 0 Å². The number of fused-ring (bicyclic) bond motifs is 1. The maximum Gasteiger partial charge on any atom is 0.269 e. The van der Waals surface area contributed by atoms with Crippen molar-refractivity contribution in [2.75, 3.05) is 7.11 Å².